The second kappa shape index (κ2) is 8.41. The van der Waals surface area contributed by atoms with Crippen LogP contribution in [0.4, 0.5) is 11.4 Å². The molecule has 0 spiro atoms. The average molecular weight is 401 g/mol. The number of nitrogens with zero attached hydrogens (tertiary/aromatic N) is 3. The Morgan fingerprint density at radius 2 is 1.75 bits per heavy atom. The lowest BCUT2D eigenvalue weighted by molar-refractivity contribution is 0.122. The van der Waals surface area contributed by atoms with Crippen molar-refractivity contribution < 1.29 is 4.74 Å². The molecule has 1 aliphatic heterocycles. The normalized spacial score (nSPS) is 14.2. The summed E-state index contributed by atoms with van der Waals surface area (Å²) in [6.45, 7) is 12.8. The molecule has 6 heteroatoms. The summed E-state index contributed by atoms with van der Waals surface area (Å²) in [6, 6.07) is 8.70. The van der Waals surface area contributed by atoms with E-state index in [-0.39, 0.29) is 12.4 Å². The number of anilines is 2. The molecule has 0 saturated carbocycles. The number of fused-ring (bicyclic) bond motifs is 1. The summed E-state index contributed by atoms with van der Waals surface area (Å²) in [7, 11) is 0. The molecule has 1 aliphatic rings. The first-order chi connectivity index (χ1) is 13.0. The lowest BCUT2D eigenvalue weighted by Gasteiger charge is -2.29. The van der Waals surface area contributed by atoms with Gasteiger partial charge in [-0.15, -0.1) is 12.4 Å². The van der Waals surface area contributed by atoms with Crippen molar-refractivity contribution in [3.8, 4) is 0 Å². The SMILES string of the molecule is Cc1cccc(C)c1CNc1cc(N2CCOCC2)cn2c(C)c(C)nc12.Cl. The number of benzene rings is 1. The molecule has 3 heterocycles. The van der Waals surface area contributed by atoms with Gasteiger partial charge in [-0.1, -0.05) is 18.2 Å². The Morgan fingerprint density at radius 1 is 1.07 bits per heavy atom. The molecule has 1 N–H and O–H groups in total. The highest BCUT2D eigenvalue weighted by Crippen LogP contribution is 2.28. The van der Waals surface area contributed by atoms with E-state index >= 15 is 0 Å². The van der Waals surface area contributed by atoms with Crippen LogP contribution >= 0.6 is 12.4 Å². The van der Waals surface area contributed by atoms with Crippen molar-refractivity contribution in [2.75, 3.05) is 36.5 Å². The summed E-state index contributed by atoms with van der Waals surface area (Å²) >= 11 is 0. The number of imidazole rings is 1. The van der Waals surface area contributed by atoms with E-state index in [0.717, 1.165) is 49.9 Å². The third-order valence-electron chi connectivity index (χ3n) is 5.66. The van der Waals surface area contributed by atoms with E-state index in [0.29, 0.717) is 0 Å². The lowest BCUT2D eigenvalue weighted by atomic mass is 10.0. The number of halogens is 1. The van der Waals surface area contributed by atoms with Gasteiger partial charge in [0.25, 0.3) is 0 Å². The van der Waals surface area contributed by atoms with Gasteiger partial charge in [0.1, 0.15) is 0 Å². The average Bonchev–Trinajstić information content (AvgIpc) is 2.96. The van der Waals surface area contributed by atoms with Crippen LogP contribution in [0.3, 0.4) is 0 Å². The molecule has 0 radical (unpaired) electrons. The van der Waals surface area contributed by atoms with Crippen LogP contribution in [-0.4, -0.2) is 35.7 Å². The van der Waals surface area contributed by atoms with Crippen LogP contribution in [0.25, 0.3) is 5.65 Å². The molecular formula is C22H29ClN4O. The Bertz CT molecular complexity index is 956. The van der Waals surface area contributed by atoms with Crippen LogP contribution in [0.2, 0.25) is 0 Å². The van der Waals surface area contributed by atoms with Gasteiger partial charge in [0.15, 0.2) is 5.65 Å². The monoisotopic (exact) mass is 400 g/mol. The minimum absolute atomic E-state index is 0. The Labute approximate surface area is 173 Å². The molecule has 0 bridgehead atoms. The first-order valence-corrected chi connectivity index (χ1v) is 9.65. The molecule has 150 valence electrons. The van der Waals surface area contributed by atoms with Crippen LogP contribution in [-0.2, 0) is 11.3 Å². The third-order valence-corrected chi connectivity index (χ3v) is 5.66. The van der Waals surface area contributed by atoms with Gasteiger partial charge in [0, 0.05) is 31.5 Å². The standard InChI is InChI=1S/C22H28N4O.ClH/c1-15-6-5-7-16(2)20(15)13-23-21-12-19(25-8-10-27-11-9-25)14-26-18(4)17(3)24-22(21)26;/h5-7,12,14,23H,8-11,13H2,1-4H3;1H. The molecule has 1 aromatic carbocycles. The zero-order valence-corrected chi connectivity index (χ0v) is 17.9. The summed E-state index contributed by atoms with van der Waals surface area (Å²) in [5.74, 6) is 0. The fraction of sp³-hybridized carbons (Fsp3) is 0.409. The highest BCUT2D eigenvalue weighted by molar-refractivity contribution is 5.85. The zero-order valence-electron chi connectivity index (χ0n) is 17.1. The van der Waals surface area contributed by atoms with Crippen molar-refractivity contribution in [2.24, 2.45) is 0 Å². The van der Waals surface area contributed by atoms with Gasteiger partial charge in [0.2, 0.25) is 0 Å². The molecule has 4 rings (SSSR count). The highest BCUT2D eigenvalue weighted by Gasteiger charge is 2.16. The summed E-state index contributed by atoms with van der Waals surface area (Å²) in [5, 5.41) is 3.66. The van der Waals surface area contributed by atoms with Crippen LogP contribution in [0, 0.1) is 27.7 Å². The number of aryl methyl sites for hydroxylation is 4. The number of nitrogens with one attached hydrogen (secondary N) is 1. The number of morpholine rings is 1. The van der Waals surface area contributed by atoms with E-state index in [9.17, 15) is 0 Å². The first-order valence-electron chi connectivity index (χ1n) is 9.65. The number of hydrogen-bond acceptors (Lipinski definition) is 4. The molecule has 0 amide bonds. The van der Waals surface area contributed by atoms with Crippen LogP contribution < -0.4 is 10.2 Å². The number of rotatable bonds is 4. The summed E-state index contributed by atoms with van der Waals surface area (Å²) in [5.41, 5.74) is 9.55. The van der Waals surface area contributed by atoms with Gasteiger partial charge >= 0.3 is 0 Å². The van der Waals surface area contributed by atoms with Crippen LogP contribution in [0.1, 0.15) is 28.1 Å². The Hall–Kier alpha value is -2.24. The van der Waals surface area contributed by atoms with Crippen molar-refractivity contribution in [3.05, 3.63) is 58.5 Å². The predicted octanol–water partition coefficient (Wildman–Crippen LogP) is 4.44. The minimum atomic E-state index is 0. The summed E-state index contributed by atoms with van der Waals surface area (Å²) in [4.78, 5) is 7.20. The maximum atomic E-state index is 5.52. The van der Waals surface area contributed by atoms with E-state index in [1.807, 2.05) is 0 Å². The zero-order chi connectivity index (χ0) is 19.0. The molecule has 1 fully saturated rings. The quantitative estimate of drug-likeness (QED) is 0.703. The Morgan fingerprint density at radius 3 is 2.43 bits per heavy atom. The van der Waals surface area contributed by atoms with Gasteiger partial charge in [-0.25, -0.2) is 4.98 Å². The fourth-order valence-corrected chi connectivity index (χ4v) is 3.79. The van der Waals surface area contributed by atoms with E-state index in [1.54, 1.807) is 0 Å². The van der Waals surface area contributed by atoms with Crippen molar-refractivity contribution in [3.63, 3.8) is 0 Å². The first kappa shape index (κ1) is 20.5. The fourth-order valence-electron chi connectivity index (χ4n) is 3.79. The second-order valence-corrected chi connectivity index (χ2v) is 7.41. The predicted molar refractivity (Wildman–Crippen MR) is 118 cm³/mol. The van der Waals surface area contributed by atoms with Gasteiger partial charge in [0.05, 0.1) is 30.3 Å². The molecule has 5 nitrogen and oxygen atoms in total. The number of aromatic nitrogens is 2. The van der Waals surface area contributed by atoms with Crippen molar-refractivity contribution >= 4 is 29.4 Å². The van der Waals surface area contributed by atoms with E-state index < -0.39 is 0 Å². The number of ether oxygens (including phenoxy) is 1. The largest absolute Gasteiger partial charge is 0.378 e. The molecular weight excluding hydrogens is 372 g/mol. The molecule has 0 atom stereocenters. The van der Waals surface area contributed by atoms with Gasteiger partial charge in [-0.3, -0.25) is 0 Å². The smallest absolute Gasteiger partial charge is 0.160 e. The minimum Gasteiger partial charge on any atom is -0.378 e. The maximum Gasteiger partial charge on any atom is 0.160 e. The maximum absolute atomic E-state index is 5.52. The highest BCUT2D eigenvalue weighted by atomic mass is 35.5. The summed E-state index contributed by atoms with van der Waals surface area (Å²) in [6.07, 6.45) is 2.21. The molecule has 0 unspecified atom stereocenters. The Kier molecular flexibility index (Phi) is 6.16. The lowest BCUT2D eigenvalue weighted by Crippen LogP contribution is -2.36. The molecule has 1 saturated heterocycles. The molecule has 28 heavy (non-hydrogen) atoms. The van der Waals surface area contributed by atoms with Crippen molar-refractivity contribution in [2.45, 2.75) is 34.2 Å². The van der Waals surface area contributed by atoms with E-state index in [1.165, 1.54) is 28.1 Å². The topological polar surface area (TPSA) is 41.8 Å². The van der Waals surface area contributed by atoms with Crippen molar-refractivity contribution in [1.29, 1.82) is 0 Å². The van der Waals surface area contributed by atoms with Gasteiger partial charge in [-0.2, -0.15) is 0 Å². The van der Waals surface area contributed by atoms with Gasteiger partial charge < -0.3 is 19.4 Å². The van der Waals surface area contributed by atoms with E-state index in [2.05, 4.69) is 72.8 Å². The number of pyridine rings is 1. The van der Waals surface area contributed by atoms with Crippen LogP contribution in [0.5, 0.6) is 0 Å². The van der Waals surface area contributed by atoms with Crippen molar-refractivity contribution in [1.82, 2.24) is 9.38 Å². The van der Waals surface area contributed by atoms with Gasteiger partial charge in [-0.05, 0) is 50.5 Å². The molecule has 0 aliphatic carbocycles. The third kappa shape index (κ3) is 3.82. The summed E-state index contributed by atoms with van der Waals surface area (Å²) < 4.78 is 7.74. The van der Waals surface area contributed by atoms with Crippen LogP contribution in [0.15, 0.2) is 30.5 Å². The molecule has 2 aromatic heterocycles. The number of hydrogen-bond donors (Lipinski definition) is 1. The van der Waals surface area contributed by atoms with E-state index in [4.69, 9.17) is 9.72 Å². The molecule has 3 aromatic rings. The second-order valence-electron chi connectivity index (χ2n) is 7.41. The Balaban J connectivity index is 0.00000225.